The Kier molecular flexibility index (Phi) is 3.25. The molecule has 0 radical (unpaired) electrons. The van der Waals surface area contributed by atoms with Crippen LogP contribution in [-0.4, -0.2) is 15.1 Å². The maximum Gasteiger partial charge on any atom is 0.153 e. The Bertz CT molecular complexity index is 1090. The number of aromatic nitrogens is 2. The zero-order valence-electron chi connectivity index (χ0n) is 12.7. The van der Waals surface area contributed by atoms with E-state index in [9.17, 15) is 10.4 Å². The van der Waals surface area contributed by atoms with E-state index in [0.717, 1.165) is 21.8 Å². The minimum atomic E-state index is -0.0756. The summed E-state index contributed by atoms with van der Waals surface area (Å²) in [7, 11) is 0. The van der Waals surface area contributed by atoms with E-state index in [1.807, 2.05) is 60.7 Å². The van der Waals surface area contributed by atoms with E-state index in [1.54, 1.807) is 6.07 Å². The molecule has 0 atom stereocenters. The summed E-state index contributed by atoms with van der Waals surface area (Å²) in [5, 5.41) is 22.2. The predicted octanol–water partition coefficient (Wildman–Crippen LogP) is 4.67. The van der Waals surface area contributed by atoms with Gasteiger partial charge >= 0.3 is 0 Å². The predicted molar refractivity (Wildman–Crippen MR) is 95.1 cm³/mol. The second kappa shape index (κ2) is 5.56. The molecule has 0 amide bonds. The van der Waals surface area contributed by atoms with Crippen molar-refractivity contribution in [1.29, 1.82) is 5.26 Å². The Balaban J connectivity index is 1.96. The minimum absolute atomic E-state index is 0.0756. The number of hydrogen-bond acceptors (Lipinski definition) is 3. The molecular weight excluding hydrogens is 298 g/mol. The summed E-state index contributed by atoms with van der Waals surface area (Å²) in [6.45, 7) is 0. The van der Waals surface area contributed by atoms with Crippen molar-refractivity contribution in [2.75, 3.05) is 0 Å². The van der Waals surface area contributed by atoms with Gasteiger partial charge in [-0.15, -0.1) is 0 Å². The highest BCUT2D eigenvalue weighted by atomic mass is 16.3. The molecule has 0 saturated heterocycles. The first-order valence-corrected chi connectivity index (χ1v) is 7.54. The topological polar surface area (TPSA) is 72.7 Å². The van der Waals surface area contributed by atoms with Crippen molar-refractivity contribution < 1.29 is 5.11 Å². The van der Waals surface area contributed by atoms with Gasteiger partial charge in [-0.05, 0) is 22.9 Å². The highest BCUT2D eigenvalue weighted by Crippen LogP contribution is 2.29. The van der Waals surface area contributed by atoms with Gasteiger partial charge in [-0.3, -0.25) is 0 Å². The number of nitriles is 1. The molecule has 4 aromatic rings. The Morgan fingerprint density at radius 2 is 1.71 bits per heavy atom. The highest BCUT2D eigenvalue weighted by molar-refractivity contribution is 6.01. The molecule has 0 aliphatic carbocycles. The number of rotatable bonds is 2. The summed E-state index contributed by atoms with van der Waals surface area (Å²) < 4.78 is 0. The summed E-state index contributed by atoms with van der Waals surface area (Å²) in [6, 6.07) is 23.0. The summed E-state index contributed by atoms with van der Waals surface area (Å²) in [5.74, 6) is 0.289. The lowest BCUT2D eigenvalue weighted by Gasteiger charge is -2.07. The van der Waals surface area contributed by atoms with E-state index in [1.165, 1.54) is 0 Å². The Morgan fingerprint density at radius 1 is 0.958 bits per heavy atom. The number of nitrogens with zero attached hydrogens (tertiary/aromatic N) is 2. The standard InChI is InChI=1S/C20H13N3O/c21-12-16(20-22-17-10-3-4-11-18(17)23-20)19(24)15-9-5-7-13-6-1-2-8-14(13)15/h1-11,24H,(H,22,23)/b19-16+. The maximum atomic E-state index is 10.8. The summed E-state index contributed by atoms with van der Waals surface area (Å²) in [5.41, 5.74) is 2.32. The van der Waals surface area contributed by atoms with E-state index >= 15 is 0 Å². The van der Waals surface area contributed by atoms with Gasteiger partial charge in [0.05, 0.1) is 11.0 Å². The van der Waals surface area contributed by atoms with Gasteiger partial charge in [0.2, 0.25) is 0 Å². The molecule has 0 aliphatic heterocycles. The number of H-pyrrole nitrogens is 1. The number of fused-ring (bicyclic) bond motifs is 2. The fraction of sp³-hybridized carbons (Fsp3) is 0. The number of imidazole rings is 1. The van der Waals surface area contributed by atoms with Crippen molar-refractivity contribution in [2.24, 2.45) is 0 Å². The molecular formula is C20H13N3O. The number of benzene rings is 3. The first-order valence-electron chi connectivity index (χ1n) is 7.54. The van der Waals surface area contributed by atoms with Gasteiger partial charge in [0.25, 0.3) is 0 Å². The quantitative estimate of drug-likeness (QED) is 0.417. The van der Waals surface area contributed by atoms with E-state index in [-0.39, 0.29) is 11.3 Å². The first-order chi connectivity index (χ1) is 11.8. The lowest BCUT2D eigenvalue weighted by atomic mass is 10.0. The van der Waals surface area contributed by atoms with Gasteiger partial charge in [-0.1, -0.05) is 54.6 Å². The van der Waals surface area contributed by atoms with Crippen molar-refractivity contribution in [3.63, 3.8) is 0 Å². The summed E-state index contributed by atoms with van der Waals surface area (Å²) in [4.78, 5) is 7.51. The third-order valence-electron chi connectivity index (χ3n) is 4.02. The Labute approximate surface area is 138 Å². The van der Waals surface area contributed by atoms with Gasteiger partial charge in [0.15, 0.2) is 5.82 Å². The van der Waals surface area contributed by atoms with Crippen LogP contribution in [0.2, 0.25) is 0 Å². The number of allylic oxidation sites excluding steroid dienone is 1. The van der Waals surface area contributed by atoms with Crippen molar-refractivity contribution in [3.8, 4) is 6.07 Å². The number of aliphatic hydroxyl groups excluding tert-OH is 1. The van der Waals surface area contributed by atoms with Crippen LogP contribution in [0, 0.1) is 11.3 Å². The van der Waals surface area contributed by atoms with Crippen LogP contribution in [0.3, 0.4) is 0 Å². The van der Waals surface area contributed by atoms with Crippen LogP contribution in [0.1, 0.15) is 11.4 Å². The largest absolute Gasteiger partial charge is 0.506 e. The fourth-order valence-corrected chi connectivity index (χ4v) is 2.86. The molecule has 0 bridgehead atoms. The molecule has 2 N–H and O–H groups in total. The molecule has 0 unspecified atom stereocenters. The van der Waals surface area contributed by atoms with Gasteiger partial charge in [0, 0.05) is 5.56 Å². The van der Waals surface area contributed by atoms with E-state index < -0.39 is 0 Å². The lowest BCUT2D eigenvalue weighted by Crippen LogP contribution is -1.93. The van der Waals surface area contributed by atoms with E-state index in [4.69, 9.17) is 0 Å². The maximum absolute atomic E-state index is 10.8. The highest BCUT2D eigenvalue weighted by Gasteiger charge is 2.16. The zero-order chi connectivity index (χ0) is 16.5. The number of hydrogen-bond donors (Lipinski definition) is 2. The molecule has 0 saturated carbocycles. The summed E-state index contributed by atoms with van der Waals surface area (Å²) >= 11 is 0. The SMILES string of the molecule is N#C/C(=C(\O)c1cccc2ccccc12)c1nc2ccccc2[nH]1. The van der Waals surface area contributed by atoms with Crippen molar-refractivity contribution >= 4 is 33.1 Å². The normalized spacial score (nSPS) is 12.1. The molecule has 0 fully saturated rings. The number of aliphatic hydroxyl groups is 1. The van der Waals surface area contributed by atoms with E-state index in [0.29, 0.717) is 11.4 Å². The van der Waals surface area contributed by atoms with Crippen LogP contribution in [0.4, 0.5) is 0 Å². The van der Waals surface area contributed by atoms with Crippen LogP contribution < -0.4 is 0 Å². The smallest absolute Gasteiger partial charge is 0.153 e. The molecule has 1 heterocycles. The average Bonchev–Trinajstić information content (AvgIpc) is 3.05. The van der Waals surface area contributed by atoms with Crippen LogP contribution in [-0.2, 0) is 0 Å². The number of nitrogens with one attached hydrogen (secondary N) is 1. The van der Waals surface area contributed by atoms with Crippen LogP contribution in [0.15, 0.2) is 66.7 Å². The van der Waals surface area contributed by atoms with Gasteiger partial charge in [-0.2, -0.15) is 5.26 Å². The molecule has 0 spiro atoms. The molecule has 4 rings (SSSR count). The Hall–Kier alpha value is -3.58. The average molecular weight is 311 g/mol. The fourth-order valence-electron chi connectivity index (χ4n) is 2.86. The van der Waals surface area contributed by atoms with Gasteiger partial charge < -0.3 is 10.1 Å². The van der Waals surface area contributed by atoms with E-state index in [2.05, 4.69) is 16.0 Å². The lowest BCUT2D eigenvalue weighted by molar-refractivity contribution is 0.514. The molecule has 3 aromatic carbocycles. The van der Waals surface area contributed by atoms with Crippen molar-refractivity contribution in [1.82, 2.24) is 9.97 Å². The summed E-state index contributed by atoms with van der Waals surface area (Å²) in [6.07, 6.45) is 0. The molecule has 0 aliphatic rings. The third kappa shape index (κ3) is 2.20. The van der Waals surface area contributed by atoms with Crippen LogP contribution in [0.5, 0.6) is 0 Å². The number of aromatic amines is 1. The number of para-hydroxylation sites is 2. The second-order valence-electron chi connectivity index (χ2n) is 5.46. The van der Waals surface area contributed by atoms with Gasteiger partial charge in [-0.25, -0.2) is 4.98 Å². The molecule has 1 aromatic heterocycles. The molecule has 24 heavy (non-hydrogen) atoms. The molecule has 4 nitrogen and oxygen atoms in total. The van der Waals surface area contributed by atoms with Crippen LogP contribution in [0.25, 0.3) is 33.1 Å². The second-order valence-corrected chi connectivity index (χ2v) is 5.46. The van der Waals surface area contributed by atoms with Gasteiger partial charge in [0.1, 0.15) is 17.4 Å². The van der Waals surface area contributed by atoms with Crippen molar-refractivity contribution in [3.05, 3.63) is 78.1 Å². The van der Waals surface area contributed by atoms with Crippen molar-refractivity contribution in [2.45, 2.75) is 0 Å². The first kappa shape index (κ1) is 14.0. The Morgan fingerprint density at radius 3 is 2.54 bits per heavy atom. The monoisotopic (exact) mass is 311 g/mol. The van der Waals surface area contributed by atoms with Crippen LogP contribution >= 0.6 is 0 Å². The zero-order valence-corrected chi connectivity index (χ0v) is 12.7. The molecule has 4 heteroatoms. The third-order valence-corrected chi connectivity index (χ3v) is 4.02. The molecule has 114 valence electrons. The minimum Gasteiger partial charge on any atom is -0.506 e.